The number of nitrogens with zero attached hydrogens (tertiary/aromatic N) is 1. The number of halogens is 1. The lowest BCUT2D eigenvalue weighted by atomic mass is 10.2. The first-order valence-corrected chi connectivity index (χ1v) is 8.89. The highest BCUT2D eigenvalue weighted by molar-refractivity contribution is 7.89. The SMILES string of the molecule is NC(=O)COC(=O)c1cc(S(=O)(=O)N2CCCCC2)ccc1Cl. The van der Waals surface area contributed by atoms with Gasteiger partial charge in [0.1, 0.15) is 0 Å². The van der Waals surface area contributed by atoms with E-state index in [-0.39, 0.29) is 15.5 Å². The molecule has 126 valence electrons. The van der Waals surface area contributed by atoms with Gasteiger partial charge >= 0.3 is 5.97 Å². The zero-order valence-electron chi connectivity index (χ0n) is 12.3. The second-order valence-electron chi connectivity index (χ2n) is 5.15. The van der Waals surface area contributed by atoms with Crippen molar-refractivity contribution in [3.63, 3.8) is 0 Å². The molecule has 0 aliphatic carbocycles. The van der Waals surface area contributed by atoms with Gasteiger partial charge in [0.05, 0.1) is 15.5 Å². The van der Waals surface area contributed by atoms with E-state index in [9.17, 15) is 18.0 Å². The second-order valence-corrected chi connectivity index (χ2v) is 7.49. The number of hydrogen-bond donors (Lipinski definition) is 1. The molecule has 9 heteroatoms. The molecule has 1 heterocycles. The Balaban J connectivity index is 2.28. The molecule has 1 aliphatic heterocycles. The van der Waals surface area contributed by atoms with E-state index < -0.39 is 28.5 Å². The number of primary amides is 1. The summed E-state index contributed by atoms with van der Waals surface area (Å²) in [5.41, 5.74) is 4.78. The highest BCUT2D eigenvalue weighted by Gasteiger charge is 2.27. The Morgan fingerprint density at radius 2 is 1.87 bits per heavy atom. The smallest absolute Gasteiger partial charge is 0.340 e. The van der Waals surface area contributed by atoms with Gasteiger partial charge in [0, 0.05) is 13.1 Å². The molecule has 2 rings (SSSR count). The Hall–Kier alpha value is -1.64. The number of hydrogen-bond acceptors (Lipinski definition) is 5. The topological polar surface area (TPSA) is 107 Å². The van der Waals surface area contributed by atoms with Gasteiger partial charge < -0.3 is 10.5 Å². The predicted molar refractivity (Wildman–Crippen MR) is 83.5 cm³/mol. The normalized spacial score (nSPS) is 16.0. The molecular formula is C14H17ClN2O5S. The van der Waals surface area contributed by atoms with Crippen LogP contribution >= 0.6 is 11.6 Å². The lowest BCUT2D eigenvalue weighted by molar-refractivity contribution is -0.121. The third-order valence-corrected chi connectivity index (χ3v) is 5.68. The summed E-state index contributed by atoms with van der Waals surface area (Å²) in [7, 11) is -3.69. The molecule has 1 aliphatic rings. The lowest BCUT2D eigenvalue weighted by Gasteiger charge is -2.26. The van der Waals surface area contributed by atoms with Crippen molar-refractivity contribution in [3.8, 4) is 0 Å². The number of carbonyl (C=O) groups is 2. The number of nitrogens with two attached hydrogens (primary N) is 1. The van der Waals surface area contributed by atoms with Crippen molar-refractivity contribution in [1.29, 1.82) is 0 Å². The van der Waals surface area contributed by atoms with Crippen molar-refractivity contribution >= 4 is 33.5 Å². The standard InChI is InChI=1S/C14H17ClN2O5S/c15-12-5-4-10(8-11(12)14(19)22-9-13(16)18)23(20,21)17-6-2-1-3-7-17/h4-5,8H,1-3,6-7,9H2,(H2,16,18). The van der Waals surface area contributed by atoms with Gasteiger partial charge in [-0.2, -0.15) is 4.31 Å². The molecular weight excluding hydrogens is 344 g/mol. The van der Waals surface area contributed by atoms with Crippen molar-refractivity contribution in [1.82, 2.24) is 4.31 Å². The van der Waals surface area contributed by atoms with Crippen molar-refractivity contribution in [3.05, 3.63) is 28.8 Å². The number of carbonyl (C=O) groups excluding carboxylic acids is 2. The fraction of sp³-hybridized carbons (Fsp3) is 0.429. The molecule has 0 bridgehead atoms. The first-order valence-electron chi connectivity index (χ1n) is 7.07. The minimum Gasteiger partial charge on any atom is -0.452 e. The van der Waals surface area contributed by atoms with Gasteiger partial charge in [-0.1, -0.05) is 18.0 Å². The molecule has 0 unspecified atom stereocenters. The van der Waals surface area contributed by atoms with E-state index in [0.717, 1.165) is 25.3 Å². The molecule has 1 aromatic carbocycles. The van der Waals surface area contributed by atoms with E-state index in [0.29, 0.717) is 13.1 Å². The van der Waals surface area contributed by atoms with Crippen LogP contribution in [-0.4, -0.2) is 44.3 Å². The summed E-state index contributed by atoms with van der Waals surface area (Å²) < 4.78 is 31.3. The first kappa shape index (κ1) is 17.7. The van der Waals surface area contributed by atoms with Crippen LogP contribution in [0.3, 0.4) is 0 Å². The molecule has 1 aromatic rings. The zero-order valence-corrected chi connectivity index (χ0v) is 13.9. The summed E-state index contributed by atoms with van der Waals surface area (Å²) in [5.74, 6) is -1.71. The quantitative estimate of drug-likeness (QED) is 0.793. The fourth-order valence-corrected chi connectivity index (χ4v) is 4.03. The largest absolute Gasteiger partial charge is 0.452 e. The highest BCUT2D eigenvalue weighted by atomic mass is 35.5. The van der Waals surface area contributed by atoms with E-state index >= 15 is 0 Å². The minimum atomic E-state index is -3.69. The Morgan fingerprint density at radius 3 is 2.48 bits per heavy atom. The minimum absolute atomic E-state index is 0.0326. The number of rotatable bonds is 5. The number of piperidine rings is 1. The van der Waals surface area contributed by atoms with Gasteiger partial charge in [0.25, 0.3) is 5.91 Å². The number of ether oxygens (including phenoxy) is 1. The van der Waals surface area contributed by atoms with Crippen LogP contribution < -0.4 is 5.73 Å². The average Bonchev–Trinajstić information content (AvgIpc) is 2.53. The van der Waals surface area contributed by atoms with Crippen LogP contribution in [0.15, 0.2) is 23.1 Å². The van der Waals surface area contributed by atoms with Crippen LogP contribution in [0.5, 0.6) is 0 Å². The number of sulfonamides is 1. The maximum atomic E-state index is 12.6. The second kappa shape index (κ2) is 7.29. The van der Waals surface area contributed by atoms with E-state index in [2.05, 4.69) is 4.74 Å². The van der Waals surface area contributed by atoms with E-state index in [1.54, 1.807) is 0 Å². The van der Waals surface area contributed by atoms with Gasteiger partial charge in [-0.05, 0) is 31.0 Å². The Bertz CT molecular complexity index is 714. The van der Waals surface area contributed by atoms with E-state index in [1.807, 2.05) is 0 Å². The summed E-state index contributed by atoms with van der Waals surface area (Å²) in [6.45, 7) is 0.303. The van der Waals surface area contributed by atoms with Crippen LogP contribution in [0.2, 0.25) is 5.02 Å². The van der Waals surface area contributed by atoms with Crippen LogP contribution in [0, 0.1) is 0 Å². The molecule has 0 atom stereocenters. The average molecular weight is 361 g/mol. The van der Waals surface area contributed by atoms with Gasteiger partial charge in [-0.3, -0.25) is 4.79 Å². The molecule has 0 radical (unpaired) electrons. The molecule has 7 nitrogen and oxygen atoms in total. The van der Waals surface area contributed by atoms with Crippen LogP contribution in [0.4, 0.5) is 0 Å². The maximum Gasteiger partial charge on any atom is 0.340 e. The molecule has 23 heavy (non-hydrogen) atoms. The molecule has 2 N–H and O–H groups in total. The first-order chi connectivity index (χ1) is 10.8. The molecule has 0 spiro atoms. The van der Waals surface area contributed by atoms with Crippen molar-refractivity contribution in [2.45, 2.75) is 24.2 Å². The number of benzene rings is 1. The Kier molecular flexibility index (Phi) is 5.61. The van der Waals surface area contributed by atoms with Crippen molar-refractivity contribution in [2.75, 3.05) is 19.7 Å². The van der Waals surface area contributed by atoms with Crippen LogP contribution in [0.1, 0.15) is 29.6 Å². The summed E-state index contributed by atoms with van der Waals surface area (Å²) >= 11 is 5.92. The lowest BCUT2D eigenvalue weighted by Crippen LogP contribution is -2.35. The molecule has 0 saturated carbocycles. The van der Waals surface area contributed by atoms with Gasteiger partial charge in [0.2, 0.25) is 10.0 Å². The summed E-state index contributed by atoms with van der Waals surface area (Å²) in [6, 6.07) is 3.83. The third-order valence-electron chi connectivity index (χ3n) is 3.46. The molecule has 1 amide bonds. The van der Waals surface area contributed by atoms with E-state index in [1.165, 1.54) is 16.4 Å². The Labute approximate surface area is 139 Å². The zero-order chi connectivity index (χ0) is 17.0. The van der Waals surface area contributed by atoms with Gasteiger partial charge in [-0.15, -0.1) is 0 Å². The number of amides is 1. The third kappa shape index (κ3) is 4.21. The molecule has 1 fully saturated rings. The van der Waals surface area contributed by atoms with Gasteiger partial charge in [-0.25, -0.2) is 13.2 Å². The predicted octanol–water partition coefficient (Wildman–Crippen LogP) is 1.16. The molecule has 1 saturated heterocycles. The number of esters is 1. The van der Waals surface area contributed by atoms with Crippen LogP contribution in [-0.2, 0) is 19.6 Å². The van der Waals surface area contributed by atoms with Crippen molar-refractivity contribution in [2.24, 2.45) is 5.73 Å². The summed E-state index contributed by atoms with van der Waals surface area (Å²) in [5, 5.41) is 0.0389. The van der Waals surface area contributed by atoms with Gasteiger partial charge in [0.15, 0.2) is 6.61 Å². The summed E-state index contributed by atoms with van der Waals surface area (Å²) in [4.78, 5) is 22.5. The Morgan fingerprint density at radius 1 is 1.22 bits per heavy atom. The maximum absolute atomic E-state index is 12.6. The molecule has 0 aromatic heterocycles. The fourth-order valence-electron chi connectivity index (χ4n) is 2.29. The summed E-state index contributed by atoms with van der Waals surface area (Å²) in [6.07, 6.45) is 2.61. The van der Waals surface area contributed by atoms with Crippen LogP contribution in [0.25, 0.3) is 0 Å². The van der Waals surface area contributed by atoms with Crippen molar-refractivity contribution < 1.29 is 22.7 Å². The monoisotopic (exact) mass is 360 g/mol. The highest BCUT2D eigenvalue weighted by Crippen LogP contribution is 2.25. The van der Waals surface area contributed by atoms with E-state index in [4.69, 9.17) is 17.3 Å².